The maximum atomic E-state index is 3.85. The fourth-order valence-electron chi connectivity index (χ4n) is 0.246. The zero-order valence-corrected chi connectivity index (χ0v) is 7.26. The number of nitrogens with zero attached hydrogens (tertiary/aromatic N) is 1. The van der Waals surface area contributed by atoms with Crippen molar-refractivity contribution in [1.29, 1.82) is 0 Å². The molecular formula is C3H4BrIN2. The van der Waals surface area contributed by atoms with Crippen molar-refractivity contribution in [3.05, 3.63) is 16.2 Å². The van der Waals surface area contributed by atoms with E-state index in [4.69, 9.17) is 0 Å². The second-order valence-corrected chi connectivity index (χ2v) is 1.90. The summed E-state index contributed by atoms with van der Waals surface area (Å²) in [4.78, 5) is 6.72. The van der Waals surface area contributed by atoms with Gasteiger partial charge in [0.25, 0.3) is 0 Å². The molecule has 1 aromatic rings. The van der Waals surface area contributed by atoms with Crippen LogP contribution < -0.4 is 0 Å². The lowest BCUT2D eigenvalue weighted by Gasteiger charge is -1.65. The molecule has 40 valence electrons. The summed E-state index contributed by atoms with van der Waals surface area (Å²) in [5.41, 5.74) is 0. The number of imidazole rings is 1. The molecule has 0 amide bonds. The lowest BCUT2D eigenvalue weighted by atomic mass is 11.0. The van der Waals surface area contributed by atoms with Gasteiger partial charge in [-0.2, -0.15) is 0 Å². The van der Waals surface area contributed by atoms with Crippen LogP contribution in [0.4, 0.5) is 0 Å². The van der Waals surface area contributed by atoms with E-state index >= 15 is 0 Å². The van der Waals surface area contributed by atoms with E-state index in [0.29, 0.717) is 0 Å². The van der Waals surface area contributed by atoms with Crippen molar-refractivity contribution >= 4 is 39.6 Å². The molecule has 0 fully saturated rings. The Bertz CT molecular complexity index is 116. The largest absolute Gasteiger partial charge is 0.340 e. The fraction of sp³-hybridized carbons (Fsp3) is 0. The topological polar surface area (TPSA) is 28.7 Å². The van der Waals surface area contributed by atoms with E-state index < -0.39 is 0 Å². The van der Waals surface area contributed by atoms with Crippen LogP contribution in [0, 0.1) is 3.83 Å². The predicted octanol–water partition coefficient (Wildman–Crippen LogP) is 1.59. The van der Waals surface area contributed by atoms with E-state index in [0.717, 1.165) is 3.83 Å². The fourth-order valence-corrected chi connectivity index (χ4v) is 0.587. The summed E-state index contributed by atoms with van der Waals surface area (Å²) >= 11 is 2.11. The number of aromatic nitrogens is 2. The van der Waals surface area contributed by atoms with Crippen molar-refractivity contribution in [3.63, 3.8) is 0 Å². The second-order valence-electron chi connectivity index (χ2n) is 0.880. The average molecular weight is 275 g/mol. The zero-order valence-electron chi connectivity index (χ0n) is 3.39. The first-order valence-electron chi connectivity index (χ1n) is 1.54. The maximum absolute atomic E-state index is 3.85. The molecule has 4 heteroatoms. The molecule has 0 saturated heterocycles. The zero-order chi connectivity index (χ0) is 4.41. The highest BCUT2D eigenvalue weighted by atomic mass is 127. The molecule has 0 atom stereocenters. The summed E-state index contributed by atoms with van der Waals surface area (Å²) in [6.07, 6.45) is 3.52. The van der Waals surface area contributed by atoms with Crippen molar-refractivity contribution in [2.45, 2.75) is 0 Å². The van der Waals surface area contributed by atoms with Crippen LogP contribution in [0.25, 0.3) is 0 Å². The predicted molar refractivity (Wildman–Crippen MR) is 41.6 cm³/mol. The van der Waals surface area contributed by atoms with Crippen molar-refractivity contribution in [2.24, 2.45) is 0 Å². The summed E-state index contributed by atoms with van der Waals surface area (Å²) in [6.45, 7) is 0. The highest BCUT2D eigenvalue weighted by molar-refractivity contribution is 14.1. The van der Waals surface area contributed by atoms with Crippen molar-refractivity contribution < 1.29 is 0 Å². The Balaban J connectivity index is 0.000000360. The first kappa shape index (κ1) is 7.42. The molecule has 0 radical (unpaired) electrons. The lowest BCUT2D eigenvalue weighted by Crippen LogP contribution is -1.64. The number of halogens is 2. The van der Waals surface area contributed by atoms with Crippen LogP contribution in [0.3, 0.4) is 0 Å². The van der Waals surface area contributed by atoms with Gasteiger partial charge >= 0.3 is 0 Å². The van der Waals surface area contributed by atoms with Gasteiger partial charge in [0, 0.05) is 12.4 Å². The standard InChI is InChI=1S/C3H3IN2.BrH/c4-3-5-1-2-6-3;/h1-2H,(H,5,6);1H. The Morgan fingerprint density at radius 1 is 1.71 bits per heavy atom. The Morgan fingerprint density at radius 3 is 2.57 bits per heavy atom. The average Bonchev–Trinajstić information content (AvgIpc) is 1.86. The van der Waals surface area contributed by atoms with Crippen LogP contribution in [-0.4, -0.2) is 9.97 Å². The van der Waals surface area contributed by atoms with E-state index in [1.54, 1.807) is 12.4 Å². The number of rotatable bonds is 0. The van der Waals surface area contributed by atoms with E-state index in [1.807, 2.05) is 0 Å². The minimum Gasteiger partial charge on any atom is -0.340 e. The third-order valence-corrected chi connectivity index (χ3v) is 1.05. The smallest absolute Gasteiger partial charge is 0.168 e. The normalized spacial score (nSPS) is 7.57. The molecule has 0 spiro atoms. The van der Waals surface area contributed by atoms with Gasteiger partial charge in [0.05, 0.1) is 0 Å². The Kier molecular flexibility index (Phi) is 3.63. The van der Waals surface area contributed by atoms with Crippen LogP contribution in [-0.2, 0) is 0 Å². The van der Waals surface area contributed by atoms with Gasteiger partial charge in [0.2, 0.25) is 0 Å². The molecule has 1 aromatic heterocycles. The molecule has 1 rings (SSSR count). The monoisotopic (exact) mass is 274 g/mol. The molecule has 0 aliphatic heterocycles. The quantitative estimate of drug-likeness (QED) is 0.716. The molecular weight excluding hydrogens is 271 g/mol. The molecule has 7 heavy (non-hydrogen) atoms. The Morgan fingerprint density at radius 2 is 2.43 bits per heavy atom. The van der Waals surface area contributed by atoms with Crippen molar-refractivity contribution in [1.82, 2.24) is 9.97 Å². The van der Waals surface area contributed by atoms with Crippen molar-refractivity contribution in [2.75, 3.05) is 0 Å². The maximum Gasteiger partial charge on any atom is 0.168 e. The van der Waals surface area contributed by atoms with Crippen LogP contribution in [0.2, 0.25) is 0 Å². The van der Waals surface area contributed by atoms with E-state index in [2.05, 4.69) is 32.6 Å². The second kappa shape index (κ2) is 3.43. The highest BCUT2D eigenvalue weighted by Crippen LogP contribution is 1.89. The summed E-state index contributed by atoms with van der Waals surface area (Å²) in [5.74, 6) is 0. The van der Waals surface area contributed by atoms with Crippen molar-refractivity contribution in [3.8, 4) is 0 Å². The van der Waals surface area contributed by atoms with Gasteiger partial charge in [-0.3, -0.25) is 0 Å². The third-order valence-electron chi connectivity index (χ3n) is 0.465. The highest BCUT2D eigenvalue weighted by Gasteiger charge is 1.76. The van der Waals surface area contributed by atoms with Gasteiger partial charge in [0.1, 0.15) is 0 Å². The van der Waals surface area contributed by atoms with E-state index in [1.165, 1.54) is 0 Å². The van der Waals surface area contributed by atoms with E-state index in [-0.39, 0.29) is 17.0 Å². The molecule has 0 saturated carbocycles. The number of H-pyrrole nitrogens is 1. The SMILES string of the molecule is Br.Ic1ncc[nH]1. The summed E-state index contributed by atoms with van der Waals surface area (Å²) in [7, 11) is 0. The van der Waals surface area contributed by atoms with Gasteiger partial charge in [0.15, 0.2) is 3.83 Å². The number of hydrogen-bond acceptors (Lipinski definition) is 1. The molecule has 1 heterocycles. The van der Waals surface area contributed by atoms with Gasteiger partial charge in [-0.05, 0) is 22.6 Å². The summed E-state index contributed by atoms with van der Waals surface area (Å²) < 4.78 is 0.938. The minimum atomic E-state index is 0. The van der Waals surface area contributed by atoms with Gasteiger partial charge < -0.3 is 4.98 Å². The van der Waals surface area contributed by atoms with Crippen LogP contribution in [0.1, 0.15) is 0 Å². The first-order valence-corrected chi connectivity index (χ1v) is 2.62. The lowest BCUT2D eigenvalue weighted by molar-refractivity contribution is 1.23. The minimum absolute atomic E-state index is 0. The first-order chi connectivity index (χ1) is 2.89. The molecule has 0 aromatic carbocycles. The van der Waals surface area contributed by atoms with Crippen LogP contribution >= 0.6 is 39.6 Å². The van der Waals surface area contributed by atoms with E-state index in [9.17, 15) is 0 Å². The Labute approximate surface area is 65.6 Å². The summed E-state index contributed by atoms with van der Waals surface area (Å²) in [6, 6.07) is 0. The molecule has 0 unspecified atom stereocenters. The summed E-state index contributed by atoms with van der Waals surface area (Å²) in [5, 5.41) is 0. The van der Waals surface area contributed by atoms with Gasteiger partial charge in [-0.15, -0.1) is 17.0 Å². The Hall–Kier alpha value is 0.420. The molecule has 0 aliphatic rings. The molecule has 2 nitrogen and oxygen atoms in total. The molecule has 0 aliphatic carbocycles. The number of aromatic amines is 1. The molecule has 0 bridgehead atoms. The van der Waals surface area contributed by atoms with Gasteiger partial charge in [-0.1, -0.05) is 0 Å². The van der Waals surface area contributed by atoms with Crippen LogP contribution in [0.15, 0.2) is 12.4 Å². The number of nitrogens with one attached hydrogen (secondary N) is 1. The molecule has 1 N–H and O–H groups in total. The number of hydrogen-bond donors (Lipinski definition) is 1. The van der Waals surface area contributed by atoms with Crippen LogP contribution in [0.5, 0.6) is 0 Å². The third kappa shape index (κ3) is 2.28. The van der Waals surface area contributed by atoms with Gasteiger partial charge in [-0.25, -0.2) is 4.98 Å².